The summed E-state index contributed by atoms with van der Waals surface area (Å²) >= 11 is 0. The predicted octanol–water partition coefficient (Wildman–Crippen LogP) is 1.26. The van der Waals surface area contributed by atoms with E-state index < -0.39 is 17.7 Å². The molecular weight excluding hydrogens is 306 g/mol. The van der Waals surface area contributed by atoms with Crippen LogP contribution in [0.2, 0.25) is 0 Å². The topological polar surface area (TPSA) is 78.5 Å². The second-order valence-corrected chi connectivity index (χ2v) is 6.03. The number of amides is 2. The molecule has 1 atom stereocenters. The van der Waals surface area contributed by atoms with E-state index in [1.54, 1.807) is 27.9 Å². The van der Waals surface area contributed by atoms with Gasteiger partial charge in [0.1, 0.15) is 6.04 Å². The highest BCUT2D eigenvalue weighted by Gasteiger charge is 2.23. The van der Waals surface area contributed by atoms with Gasteiger partial charge in [0, 0.05) is 25.7 Å². The van der Waals surface area contributed by atoms with Crippen LogP contribution in [0.3, 0.4) is 0 Å². The number of carbonyl (C=O) groups is 3. The van der Waals surface area contributed by atoms with Crippen molar-refractivity contribution in [2.24, 2.45) is 5.92 Å². The first-order chi connectivity index (χ1) is 11.2. The lowest BCUT2D eigenvalue weighted by atomic mass is 10.1. The van der Waals surface area contributed by atoms with Gasteiger partial charge in [-0.05, 0) is 5.56 Å². The van der Waals surface area contributed by atoms with E-state index in [1.807, 2.05) is 30.3 Å². The van der Waals surface area contributed by atoms with Crippen molar-refractivity contribution in [1.82, 2.24) is 15.5 Å². The van der Waals surface area contributed by atoms with Gasteiger partial charge >= 0.3 is 0 Å². The van der Waals surface area contributed by atoms with Crippen LogP contribution in [0.15, 0.2) is 42.6 Å². The Hall–Kier alpha value is -2.63. The summed E-state index contributed by atoms with van der Waals surface area (Å²) in [6, 6.07) is 8.64. The Morgan fingerprint density at radius 1 is 1.12 bits per heavy atom. The van der Waals surface area contributed by atoms with Crippen molar-refractivity contribution in [2.75, 3.05) is 20.6 Å². The van der Waals surface area contributed by atoms with Crippen LogP contribution in [0.4, 0.5) is 0 Å². The van der Waals surface area contributed by atoms with Crippen LogP contribution in [-0.4, -0.2) is 43.1 Å². The highest BCUT2D eigenvalue weighted by atomic mass is 16.2. The van der Waals surface area contributed by atoms with Gasteiger partial charge in [-0.1, -0.05) is 50.8 Å². The Labute approximate surface area is 142 Å². The minimum atomic E-state index is -0.650. The molecule has 6 nitrogen and oxygen atoms in total. The summed E-state index contributed by atoms with van der Waals surface area (Å²) in [6.07, 6.45) is 0. The van der Waals surface area contributed by atoms with Gasteiger partial charge in [-0.2, -0.15) is 0 Å². The highest BCUT2D eigenvalue weighted by Crippen LogP contribution is 2.16. The number of Topliss-reactive ketones (excluding diaryl/α,β-unsaturated/α-hetero) is 1. The molecule has 1 rings (SSSR count). The molecule has 0 aliphatic rings. The maximum atomic E-state index is 12.4. The molecule has 1 unspecified atom stereocenters. The average molecular weight is 331 g/mol. The number of hydrogen-bond donors (Lipinski definition) is 2. The molecule has 2 N–H and O–H groups in total. The molecule has 0 fully saturated rings. The van der Waals surface area contributed by atoms with Gasteiger partial charge in [-0.15, -0.1) is 0 Å². The summed E-state index contributed by atoms with van der Waals surface area (Å²) < 4.78 is 0. The van der Waals surface area contributed by atoms with Crippen LogP contribution >= 0.6 is 0 Å². The SMILES string of the molecule is C=C(CNC(=O)C(=O)C(C)C)NC(C(=O)N(C)C)c1ccccc1. The zero-order valence-electron chi connectivity index (χ0n) is 14.6. The molecule has 0 heterocycles. The maximum Gasteiger partial charge on any atom is 0.287 e. The third kappa shape index (κ3) is 5.53. The molecule has 24 heavy (non-hydrogen) atoms. The summed E-state index contributed by atoms with van der Waals surface area (Å²) in [5, 5.41) is 5.54. The largest absolute Gasteiger partial charge is 0.372 e. The molecule has 0 radical (unpaired) electrons. The second-order valence-electron chi connectivity index (χ2n) is 6.03. The van der Waals surface area contributed by atoms with Crippen LogP contribution < -0.4 is 10.6 Å². The van der Waals surface area contributed by atoms with Gasteiger partial charge in [-0.3, -0.25) is 14.4 Å². The molecule has 0 aliphatic heterocycles. The third-order valence-electron chi connectivity index (χ3n) is 3.38. The maximum absolute atomic E-state index is 12.4. The number of rotatable bonds is 8. The molecule has 1 aromatic carbocycles. The number of carbonyl (C=O) groups excluding carboxylic acids is 3. The van der Waals surface area contributed by atoms with Gasteiger partial charge in [0.25, 0.3) is 5.91 Å². The van der Waals surface area contributed by atoms with Crippen LogP contribution in [0.1, 0.15) is 25.5 Å². The summed E-state index contributed by atoms with van der Waals surface area (Å²) in [5.41, 5.74) is 1.24. The minimum Gasteiger partial charge on any atom is -0.372 e. The lowest BCUT2D eigenvalue weighted by molar-refractivity contribution is -0.139. The predicted molar refractivity (Wildman–Crippen MR) is 93.0 cm³/mol. The van der Waals surface area contributed by atoms with Gasteiger partial charge in [0.05, 0.1) is 6.54 Å². The molecule has 0 bridgehead atoms. The van der Waals surface area contributed by atoms with Crippen molar-refractivity contribution in [1.29, 1.82) is 0 Å². The zero-order chi connectivity index (χ0) is 18.3. The summed E-state index contributed by atoms with van der Waals surface area (Å²) in [7, 11) is 3.34. The Bertz CT molecular complexity index is 609. The summed E-state index contributed by atoms with van der Waals surface area (Å²) in [5.74, 6) is -1.62. The molecule has 2 amide bonds. The average Bonchev–Trinajstić information content (AvgIpc) is 2.56. The normalized spacial score (nSPS) is 11.5. The quantitative estimate of drug-likeness (QED) is 0.703. The first-order valence-corrected chi connectivity index (χ1v) is 7.76. The van der Waals surface area contributed by atoms with E-state index in [0.717, 1.165) is 5.56 Å². The molecule has 0 aromatic heterocycles. The van der Waals surface area contributed by atoms with Gasteiger partial charge in [0.2, 0.25) is 11.7 Å². The minimum absolute atomic E-state index is 0.0708. The molecular formula is C18H25N3O3. The van der Waals surface area contributed by atoms with Crippen molar-refractivity contribution in [3.8, 4) is 0 Å². The number of hydrogen-bond acceptors (Lipinski definition) is 4. The third-order valence-corrected chi connectivity index (χ3v) is 3.38. The van der Waals surface area contributed by atoms with Crippen LogP contribution in [0.25, 0.3) is 0 Å². The monoisotopic (exact) mass is 331 g/mol. The summed E-state index contributed by atoms with van der Waals surface area (Å²) in [6.45, 7) is 7.23. The fraction of sp³-hybridized carbons (Fsp3) is 0.389. The highest BCUT2D eigenvalue weighted by molar-refractivity contribution is 6.36. The van der Waals surface area contributed by atoms with Crippen LogP contribution in [-0.2, 0) is 14.4 Å². The number of nitrogens with one attached hydrogen (secondary N) is 2. The van der Waals surface area contributed by atoms with Gasteiger partial charge in [-0.25, -0.2) is 0 Å². The number of nitrogens with zero attached hydrogens (tertiary/aromatic N) is 1. The molecule has 0 aliphatic carbocycles. The van der Waals surface area contributed by atoms with Crippen molar-refractivity contribution in [2.45, 2.75) is 19.9 Å². The van der Waals surface area contributed by atoms with E-state index in [4.69, 9.17) is 0 Å². The van der Waals surface area contributed by atoms with Crippen molar-refractivity contribution in [3.05, 3.63) is 48.2 Å². The fourth-order valence-corrected chi connectivity index (χ4v) is 1.98. The smallest absolute Gasteiger partial charge is 0.287 e. The van der Waals surface area contributed by atoms with Crippen molar-refractivity contribution < 1.29 is 14.4 Å². The molecule has 130 valence electrons. The van der Waals surface area contributed by atoms with E-state index in [1.165, 1.54) is 4.90 Å². The zero-order valence-corrected chi connectivity index (χ0v) is 14.6. The van der Waals surface area contributed by atoms with E-state index >= 15 is 0 Å². The Morgan fingerprint density at radius 2 is 1.71 bits per heavy atom. The number of benzene rings is 1. The standard InChI is InChI=1S/C18H25N3O3/c1-12(2)16(22)17(23)19-11-13(3)20-15(18(24)21(4)5)14-9-7-6-8-10-14/h6-10,12,15,20H,3,11H2,1-2,4-5H3,(H,19,23). The van der Waals surface area contributed by atoms with Crippen molar-refractivity contribution >= 4 is 17.6 Å². The summed E-state index contributed by atoms with van der Waals surface area (Å²) in [4.78, 5) is 37.1. The molecule has 1 aromatic rings. The van der Waals surface area contributed by atoms with E-state index in [2.05, 4.69) is 17.2 Å². The molecule has 0 spiro atoms. The molecule has 0 saturated heterocycles. The van der Waals surface area contributed by atoms with Crippen LogP contribution in [0, 0.1) is 5.92 Å². The van der Waals surface area contributed by atoms with Crippen molar-refractivity contribution in [3.63, 3.8) is 0 Å². The fourth-order valence-electron chi connectivity index (χ4n) is 1.98. The Morgan fingerprint density at radius 3 is 2.21 bits per heavy atom. The number of ketones is 1. The molecule has 6 heteroatoms. The van der Waals surface area contributed by atoms with E-state index in [9.17, 15) is 14.4 Å². The van der Waals surface area contributed by atoms with Gasteiger partial charge < -0.3 is 15.5 Å². The van der Waals surface area contributed by atoms with E-state index in [-0.39, 0.29) is 18.4 Å². The lowest BCUT2D eigenvalue weighted by Crippen LogP contribution is -2.40. The van der Waals surface area contributed by atoms with Crippen LogP contribution in [0.5, 0.6) is 0 Å². The first-order valence-electron chi connectivity index (χ1n) is 7.76. The first kappa shape index (κ1) is 19.4. The lowest BCUT2D eigenvalue weighted by Gasteiger charge is -2.24. The number of likely N-dealkylation sites (N-methyl/N-ethyl adjacent to an activating group) is 1. The van der Waals surface area contributed by atoms with E-state index in [0.29, 0.717) is 5.70 Å². The Balaban J connectivity index is 2.74. The molecule has 0 saturated carbocycles. The van der Waals surface area contributed by atoms with Gasteiger partial charge in [0.15, 0.2) is 0 Å². The second kappa shape index (κ2) is 8.86. The Kier molecular flexibility index (Phi) is 7.17.